The number of nitrogens with one attached hydrogen (secondary N) is 1. The molecule has 0 radical (unpaired) electrons. The molecule has 7 nitrogen and oxygen atoms in total. The molecule has 168 valence electrons. The smallest absolute Gasteiger partial charge is 0.339 e. The summed E-state index contributed by atoms with van der Waals surface area (Å²) in [6, 6.07) is 11.7. The Morgan fingerprint density at radius 1 is 1.26 bits per heavy atom. The topological polar surface area (TPSA) is 88.6 Å². The average Bonchev–Trinajstić information content (AvgIpc) is 3.11. The van der Waals surface area contributed by atoms with Crippen LogP contribution in [0.4, 0.5) is 8.78 Å². The van der Waals surface area contributed by atoms with Crippen LogP contribution in [0.25, 0.3) is 0 Å². The van der Waals surface area contributed by atoms with E-state index in [4.69, 9.17) is 0 Å². The zero-order chi connectivity index (χ0) is 22.5. The number of sulfonamides is 1. The lowest BCUT2D eigenvalue weighted by Gasteiger charge is -2.22. The van der Waals surface area contributed by atoms with Gasteiger partial charge in [-0.2, -0.15) is 0 Å². The Morgan fingerprint density at radius 2 is 2.00 bits per heavy atom. The van der Waals surface area contributed by atoms with E-state index in [0.717, 1.165) is 0 Å². The van der Waals surface area contributed by atoms with Gasteiger partial charge in [0.15, 0.2) is 0 Å². The zero-order valence-corrected chi connectivity index (χ0v) is 17.9. The summed E-state index contributed by atoms with van der Waals surface area (Å²) in [5.74, 6) is -3.25. The van der Waals surface area contributed by atoms with E-state index in [9.17, 15) is 22.0 Å². The molecule has 0 saturated carbocycles. The number of carbonyl (C=O) groups is 1. The largest absolute Gasteiger partial charge is 0.465 e. The van der Waals surface area contributed by atoms with Crippen molar-refractivity contribution in [3.8, 4) is 0 Å². The SMILES string of the molecule is COC(=O)c1ccc(CNS(=O)(=O)C(CCN2CCC(F)(F)C2)c2ccccc2)nc1. The quantitative estimate of drug-likeness (QED) is 0.588. The third kappa shape index (κ3) is 6.28. The number of aromatic nitrogens is 1. The van der Waals surface area contributed by atoms with Crippen molar-refractivity contribution < 1.29 is 26.7 Å². The number of hydrogen-bond acceptors (Lipinski definition) is 6. The van der Waals surface area contributed by atoms with Gasteiger partial charge in [0.1, 0.15) is 5.25 Å². The lowest BCUT2D eigenvalue weighted by Crippen LogP contribution is -2.33. The van der Waals surface area contributed by atoms with Crippen LogP contribution in [0.3, 0.4) is 0 Å². The molecule has 1 N–H and O–H groups in total. The number of benzene rings is 1. The number of halogens is 2. The first-order chi connectivity index (χ1) is 14.7. The van der Waals surface area contributed by atoms with Crippen LogP contribution in [-0.2, 0) is 21.3 Å². The second-order valence-electron chi connectivity index (χ2n) is 7.47. The molecule has 3 rings (SSSR count). The van der Waals surface area contributed by atoms with Crippen molar-refractivity contribution >= 4 is 16.0 Å². The maximum atomic E-state index is 13.5. The highest BCUT2D eigenvalue weighted by Crippen LogP contribution is 2.30. The number of hydrogen-bond donors (Lipinski definition) is 1. The molecule has 0 spiro atoms. The molecule has 1 aromatic carbocycles. The Kier molecular flexibility index (Phi) is 7.34. The van der Waals surface area contributed by atoms with Crippen molar-refractivity contribution in [1.82, 2.24) is 14.6 Å². The Bertz CT molecular complexity index is 985. The number of pyridine rings is 1. The summed E-state index contributed by atoms with van der Waals surface area (Å²) < 4.78 is 60.3. The van der Waals surface area contributed by atoms with E-state index in [2.05, 4.69) is 14.4 Å². The fourth-order valence-electron chi connectivity index (χ4n) is 3.51. The lowest BCUT2D eigenvalue weighted by atomic mass is 10.1. The third-order valence-corrected chi connectivity index (χ3v) is 7.01. The van der Waals surface area contributed by atoms with Crippen LogP contribution in [0.5, 0.6) is 0 Å². The number of esters is 1. The molecule has 1 saturated heterocycles. The average molecular weight is 454 g/mol. The monoisotopic (exact) mass is 453 g/mol. The van der Waals surface area contributed by atoms with Gasteiger partial charge in [-0.1, -0.05) is 30.3 Å². The molecule has 0 amide bonds. The van der Waals surface area contributed by atoms with Crippen LogP contribution in [0.1, 0.15) is 39.7 Å². The maximum Gasteiger partial charge on any atom is 0.339 e. The van der Waals surface area contributed by atoms with E-state index in [-0.39, 0.29) is 44.6 Å². The molecule has 1 aliphatic heterocycles. The first-order valence-electron chi connectivity index (χ1n) is 9.87. The number of ether oxygens (including phenoxy) is 1. The van der Waals surface area contributed by atoms with E-state index in [1.54, 1.807) is 41.3 Å². The Labute approximate surface area is 180 Å². The standard InChI is InChI=1S/C21H25F2N3O4S/c1-30-20(27)17-7-8-18(24-13-17)14-25-31(28,29)19(16-5-3-2-4-6-16)9-11-26-12-10-21(22,23)15-26/h2-8,13,19,25H,9-12,14-15H2,1H3. The van der Waals surface area contributed by atoms with E-state index >= 15 is 0 Å². The second-order valence-corrected chi connectivity index (χ2v) is 9.41. The maximum absolute atomic E-state index is 13.5. The van der Waals surface area contributed by atoms with Gasteiger partial charge < -0.3 is 4.74 Å². The van der Waals surface area contributed by atoms with Crippen molar-refractivity contribution in [2.75, 3.05) is 26.7 Å². The molecule has 0 bridgehead atoms. The molecular formula is C21H25F2N3O4S. The van der Waals surface area contributed by atoms with Gasteiger partial charge in [-0.3, -0.25) is 9.88 Å². The normalized spacial score (nSPS) is 17.4. The molecule has 0 aliphatic carbocycles. The third-order valence-electron chi connectivity index (χ3n) is 5.20. The van der Waals surface area contributed by atoms with Crippen LogP contribution in [0, 0.1) is 0 Å². The van der Waals surface area contributed by atoms with Gasteiger partial charge >= 0.3 is 5.97 Å². The zero-order valence-electron chi connectivity index (χ0n) is 17.1. The van der Waals surface area contributed by atoms with Crippen LogP contribution in [0.15, 0.2) is 48.7 Å². The minimum atomic E-state index is -3.82. The first-order valence-corrected chi connectivity index (χ1v) is 11.4. The lowest BCUT2D eigenvalue weighted by molar-refractivity contribution is 0.0121. The molecule has 2 aromatic rings. The van der Waals surface area contributed by atoms with Crippen LogP contribution < -0.4 is 4.72 Å². The van der Waals surface area contributed by atoms with Crippen molar-refractivity contribution in [3.05, 3.63) is 65.5 Å². The summed E-state index contributed by atoms with van der Waals surface area (Å²) in [7, 11) is -2.56. The number of methoxy groups -OCH3 is 1. The summed E-state index contributed by atoms with van der Waals surface area (Å²) in [5, 5.41) is -0.891. The Morgan fingerprint density at radius 3 is 2.58 bits per heavy atom. The van der Waals surface area contributed by atoms with E-state index in [1.807, 2.05) is 0 Å². The number of rotatable bonds is 9. The highest BCUT2D eigenvalue weighted by Gasteiger charge is 2.38. The van der Waals surface area contributed by atoms with Crippen molar-refractivity contribution in [3.63, 3.8) is 0 Å². The number of likely N-dealkylation sites (tertiary alicyclic amines) is 1. The predicted octanol–water partition coefficient (Wildman–Crippen LogP) is 2.76. The predicted molar refractivity (Wildman–Crippen MR) is 111 cm³/mol. The van der Waals surface area contributed by atoms with Crippen LogP contribution in [0.2, 0.25) is 0 Å². The summed E-state index contributed by atoms with van der Waals surface area (Å²) in [6.45, 7) is 0.0912. The summed E-state index contributed by atoms with van der Waals surface area (Å²) >= 11 is 0. The van der Waals surface area contributed by atoms with Gasteiger partial charge in [-0.25, -0.2) is 26.7 Å². The van der Waals surface area contributed by atoms with Gasteiger partial charge in [0.2, 0.25) is 10.0 Å². The van der Waals surface area contributed by atoms with Crippen molar-refractivity contribution in [2.24, 2.45) is 0 Å². The molecular weight excluding hydrogens is 428 g/mol. The van der Waals surface area contributed by atoms with Crippen LogP contribution >= 0.6 is 0 Å². The van der Waals surface area contributed by atoms with Crippen molar-refractivity contribution in [2.45, 2.75) is 30.6 Å². The highest BCUT2D eigenvalue weighted by atomic mass is 32.2. The minimum Gasteiger partial charge on any atom is -0.465 e. The summed E-state index contributed by atoms with van der Waals surface area (Å²) in [6.07, 6.45) is 1.29. The van der Waals surface area contributed by atoms with Gasteiger partial charge in [0.05, 0.1) is 31.5 Å². The minimum absolute atomic E-state index is 0.0606. The molecule has 1 fully saturated rings. The molecule has 1 aliphatic rings. The second kappa shape index (κ2) is 9.80. The molecule has 1 atom stereocenters. The molecule has 1 aromatic heterocycles. The molecule has 10 heteroatoms. The summed E-state index contributed by atoms with van der Waals surface area (Å²) in [4.78, 5) is 17.2. The van der Waals surface area contributed by atoms with Gasteiger partial charge in [0, 0.05) is 19.2 Å². The number of carbonyl (C=O) groups excluding carboxylic acids is 1. The summed E-state index contributed by atoms with van der Waals surface area (Å²) in [5.41, 5.74) is 1.29. The fourth-order valence-corrected chi connectivity index (χ4v) is 4.99. The Hall–Kier alpha value is -2.43. The van der Waals surface area contributed by atoms with Crippen molar-refractivity contribution in [1.29, 1.82) is 0 Å². The van der Waals surface area contributed by atoms with Gasteiger partial charge in [0.25, 0.3) is 5.92 Å². The van der Waals surface area contributed by atoms with Crippen LogP contribution in [-0.4, -0.2) is 56.9 Å². The molecule has 31 heavy (non-hydrogen) atoms. The first kappa shape index (κ1) is 23.2. The fraction of sp³-hybridized carbons (Fsp3) is 0.429. The van der Waals surface area contributed by atoms with Gasteiger partial charge in [-0.15, -0.1) is 0 Å². The van der Waals surface area contributed by atoms with E-state index in [1.165, 1.54) is 19.4 Å². The van der Waals surface area contributed by atoms with E-state index < -0.39 is 27.2 Å². The number of alkyl halides is 2. The Balaban J connectivity index is 1.69. The number of nitrogens with zero attached hydrogens (tertiary/aromatic N) is 2. The highest BCUT2D eigenvalue weighted by molar-refractivity contribution is 7.89. The molecule has 1 unspecified atom stereocenters. The van der Waals surface area contributed by atoms with Gasteiger partial charge in [-0.05, 0) is 30.7 Å². The van der Waals surface area contributed by atoms with E-state index in [0.29, 0.717) is 11.3 Å². The molecule has 2 heterocycles.